The fourth-order valence-electron chi connectivity index (χ4n) is 1.10. The molecule has 0 fully saturated rings. The van der Waals surface area contributed by atoms with Gasteiger partial charge in [-0.2, -0.15) is 0 Å². The minimum absolute atomic E-state index is 0.760. The van der Waals surface area contributed by atoms with Gasteiger partial charge in [-0.05, 0) is 18.1 Å². The maximum absolute atomic E-state index is 4.05. The number of nitrogens with zero attached hydrogens (tertiary/aromatic N) is 1. The summed E-state index contributed by atoms with van der Waals surface area (Å²) in [6, 6.07) is 1.99. The van der Waals surface area contributed by atoms with Crippen molar-refractivity contribution in [2.45, 2.75) is 6.42 Å². The SMILES string of the molecule is C=CCNc1cnccc1CC=C. The third-order valence-electron chi connectivity index (χ3n) is 1.71. The van der Waals surface area contributed by atoms with Crippen molar-refractivity contribution in [3.8, 4) is 0 Å². The summed E-state index contributed by atoms with van der Waals surface area (Å²) in [5, 5.41) is 3.22. The number of pyridine rings is 1. The zero-order chi connectivity index (χ0) is 9.52. The molecule has 13 heavy (non-hydrogen) atoms. The maximum atomic E-state index is 4.05. The van der Waals surface area contributed by atoms with Crippen LogP contribution in [0.15, 0.2) is 43.8 Å². The van der Waals surface area contributed by atoms with Gasteiger partial charge in [0.05, 0.1) is 11.9 Å². The smallest absolute Gasteiger partial charge is 0.0564 e. The number of hydrogen-bond acceptors (Lipinski definition) is 2. The normalized spacial score (nSPS) is 9.23. The van der Waals surface area contributed by atoms with Crippen LogP contribution in [0.25, 0.3) is 0 Å². The van der Waals surface area contributed by atoms with Gasteiger partial charge in [-0.1, -0.05) is 12.2 Å². The lowest BCUT2D eigenvalue weighted by Crippen LogP contribution is -2.01. The molecule has 1 rings (SSSR count). The summed E-state index contributed by atoms with van der Waals surface area (Å²) < 4.78 is 0. The third-order valence-corrected chi connectivity index (χ3v) is 1.71. The summed E-state index contributed by atoms with van der Waals surface area (Å²) in [6.07, 6.45) is 8.18. The Morgan fingerprint density at radius 3 is 2.92 bits per heavy atom. The van der Waals surface area contributed by atoms with E-state index in [-0.39, 0.29) is 0 Å². The molecule has 0 aliphatic carbocycles. The summed E-state index contributed by atoms with van der Waals surface area (Å²) in [5.41, 5.74) is 2.27. The maximum Gasteiger partial charge on any atom is 0.0564 e. The molecule has 0 aliphatic rings. The highest BCUT2D eigenvalue weighted by molar-refractivity contribution is 5.49. The van der Waals surface area contributed by atoms with E-state index in [2.05, 4.69) is 23.5 Å². The van der Waals surface area contributed by atoms with Crippen molar-refractivity contribution >= 4 is 5.69 Å². The number of nitrogens with one attached hydrogen (secondary N) is 1. The summed E-state index contributed by atoms with van der Waals surface area (Å²) in [5.74, 6) is 0. The summed E-state index contributed by atoms with van der Waals surface area (Å²) in [6.45, 7) is 8.12. The van der Waals surface area contributed by atoms with E-state index in [0.717, 1.165) is 18.7 Å². The monoisotopic (exact) mass is 174 g/mol. The highest BCUT2D eigenvalue weighted by Gasteiger charge is 1.97. The quantitative estimate of drug-likeness (QED) is 0.693. The van der Waals surface area contributed by atoms with Gasteiger partial charge >= 0.3 is 0 Å². The van der Waals surface area contributed by atoms with Crippen molar-refractivity contribution in [2.24, 2.45) is 0 Å². The number of hydrogen-bond donors (Lipinski definition) is 1. The first-order valence-corrected chi connectivity index (χ1v) is 4.27. The molecule has 1 aromatic rings. The summed E-state index contributed by atoms with van der Waals surface area (Å²) in [7, 11) is 0. The molecule has 0 spiro atoms. The third kappa shape index (κ3) is 2.75. The molecule has 0 aromatic carbocycles. The molecule has 2 heteroatoms. The van der Waals surface area contributed by atoms with Crippen LogP contribution in [0.4, 0.5) is 5.69 Å². The minimum Gasteiger partial charge on any atom is -0.380 e. The summed E-state index contributed by atoms with van der Waals surface area (Å²) >= 11 is 0. The van der Waals surface area contributed by atoms with E-state index in [1.807, 2.05) is 24.4 Å². The van der Waals surface area contributed by atoms with Gasteiger partial charge in [-0.25, -0.2) is 0 Å². The molecule has 0 unspecified atom stereocenters. The Morgan fingerprint density at radius 1 is 1.38 bits per heavy atom. The van der Waals surface area contributed by atoms with Gasteiger partial charge < -0.3 is 5.32 Å². The topological polar surface area (TPSA) is 24.9 Å². The van der Waals surface area contributed by atoms with Crippen LogP contribution in [0.1, 0.15) is 5.56 Å². The van der Waals surface area contributed by atoms with Crippen molar-refractivity contribution in [3.63, 3.8) is 0 Å². The van der Waals surface area contributed by atoms with E-state index < -0.39 is 0 Å². The standard InChI is InChI=1S/C11H14N2/c1-3-5-10-6-8-12-9-11(10)13-7-4-2/h3-4,6,8-9,13H,1-2,5,7H2. The lowest BCUT2D eigenvalue weighted by Gasteiger charge is -2.07. The van der Waals surface area contributed by atoms with E-state index in [4.69, 9.17) is 0 Å². The van der Waals surface area contributed by atoms with Crippen LogP contribution in [0, 0.1) is 0 Å². The van der Waals surface area contributed by atoms with Gasteiger partial charge in [0.1, 0.15) is 0 Å². The van der Waals surface area contributed by atoms with E-state index in [1.54, 1.807) is 6.20 Å². The second-order valence-corrected chi connectivity index (χ2v) is 2.70. The predicted molar refractivity (Wildman–Crippen MR) is 56.8 cm³/mol. The van der Waals surface area contributed by atoms with Crippen LogP contribution < -0.4 is 5.32 Å². The molecule has 68 valence electrons. The van der Waals surface area contributed by atoms with E-state index in [1.165, 1.54) is 5.56 Å². The average molecular weight is 174 g/mol. The first kappa shape index (κ1) is 9.52. The first-order valence-electron chi connectivity index (χ1n) is 4.27. The Hall–Kier alpha value is -1.57. The number of aromatic nitrogens is 1. The molecule has 0 amide bonds. The zero-order valence-corrected chi connectivity index (χ0v) is 7.66. The second kappa shape index (κ2) is 5.14. The average Bonchev–Trinajstić information content (AvgIpc) is 2.17. The molecule has 0 atom stereocenters. The predicted octanol–water partition coefficient (Wildman–Crippen LogP) is 2.41. The fourth-order valence-corrected chi connectivity index (χ4v) is 1.10. The van der Waals surface area contributed by atoms with Gasteiger partial charge in [0.15, 0.2) is 0 Å². The highest BCUT2D eigenvalue weighted by Crippen LogP contribution is 2.13. The van der Waals surface area contributed by atoms with Gasteiger partial charge in [-0.15, -0.1) is 13.2 Å². The molecule has 0 saturated carbocycles. The second-order valence-electron chi connectivity index (χ2n) is 2.70. The van der Waals surface area contributed by atoms with Crippen LogP contribution in [-0.4, -0.2) is 11.5 Å². The van der Waals surface area contributed by atoms with E-state index in [9.17, 15) is 0 Å². The molecule has 0 radical (unpaired) electrons. The lowest BCUT2D eigenvalue weighted by molar-refractivity contribution is 1.18. The summed E-state index contributed by atoms with van der Waals surface area (Å²) in [4.78, 5) is 4.05. The molecule has 0 saturated heterocycles. The van der Waals surface area contributed by atoms with E-state index >= 15 is 0 Å². The Kier molecular flexibility index (Phi) is 3.76. The molecular weight excluding hydrogens is 160 g/mol. The minimum atomic E-state index is 0.760. The van der Waals surface area contributed by atoms with Crippen LogP contribution in [0.3, 0.4) is 0 Å². The highest BCUT2D eigenvalue weighted by atomic mass is 14.9. The van der Waals surface area contributed by atoms with Gasteiger partial charge in [0, 0.05) is 12.7 Å². The van der Waals surface area contributed by atoms with Crippen molar-refractivity contribution in [1.29, 1.82) is 0 Å². The van der Waals surface area contributed by atoms with Crippen molar-refractivity contribution in [2.75, 3.05) is 11.9 Å². The molecular formula is C11H14N2. The van der Waals surface area contributed by atoms with Crippen LogP contribution in [0.2, 0.25) is 0 Å². The number of allylic oxidation sites excluding steroid dienone is 1. The van der Waals surface area contributed by atoms with E-state index in [0.29, 0.717) is 0 Å². The molecule has 1 N–H and O–H groups in total. The Labute approximate surface area is 79.0 Å². The zero-order valence-electron chi connectivity index (χ0n) is 7.66. The van der Waals surface area contributed by atoms with Crippen molar-refractivity contribution in [1.82, 2.24) is 4.98 Å². The molecule has 1 aromatic heterocycles. The van der Waals surface area contributed by atoms with Crippen LogP contribution in [0.5, 0.6) is 0 Å². The molecule has 1 heterocycles. The van der Waals surface area contributed by atoms with Crippen molar-refractivity contribution in [3.05, 3.63) is 49.3 Å². The van der Waals surface area contributed by atoms with Gasteiger partial charge in [0.2, 0.25) is 0 Å². The Bertz CT molecular complexity index is 292. The Morgan fingerprint density at radius 2 is 2.23 bits per heavy atom. The fraction of sp³-hybridized carbons (Fsp3) is 0.182. The molecule has 0 aliphatic heterocycles. The molecule has 2 nitrogen and oxygen atoms in total. The lowest BCUT2D eigenvalue weighted by atomic mass is 10.1. The van der Waals surface area contributed by atoms with Gasteiger partial charge in [-0.3, -0.25) is 4.98 Å². The Balaban J connectivity index is 2.77. The van der Waals surface area contributed by atoms with Gasteiger partial charge in [0.25, 0.3) is 0 Å². The largest absolute Gasteiger partial charge is 0.380 e. The van der Waals surface area contributed by atoms with Crippen LogP contribution in [-0.2, 0) is 6.42 Å². The van der Waals surface area contributed by atoms with Crippen molar-refractivity contribution < 1.29 is 0 Å². The molecule has 0 bridgehead atoms. The number of anilines is 1. The van der Waals surface area contributed by atoms with Crippen LogP contribution >= 0.6 is 0 Å². The first-order chi connectivity index (χ1) is 6.38. The number of rotatable bonds is 5.